The zero-order valence-corrected chi connectivity index (χ0v) is 19.7. The number of hydrogen-bond acceptors (Lipinski definition) is 5. The van der Waals surface area contributed by atoms with Crippen molar-refractivity contribution in [2.75, 3.05) is 25.0 Å². The normalized spacial score (nSPS) is 15.6. The average molecular weight is 434 g/mol. The van der Waals surface area contributed by atoms with E-state index in [2.05, 4.69) is 64.1 Å². The quantitative estimate of drug-likeness (QED) is 0.388. The van der Waals surface area contributed by atoms with Crippen LogP contribution >= 0.6 is 0 Å². The van der Waals surface area contributed by atoms with Crippen molar-refractivity contribution in [1.82, 2.24) is 19.9 Å². The molecule has 0 radical (unpaired) electrons. The highest BCUT2D eigenvalue weighted by molar-refractivity contribution is 6.02. The van der Waals surface area contributed by atoms with E-state index in [9.17, 15) is 0 Å². The van der Waals surface area contributed by atoms with E-state index in [1.165, 1.54) is 11.1 Å². The maximum absolute atomic E-state index is 6.42. The summed E-state index contributed by atoms with van der Waals surface area (Å²) in [5, 5.41) is 6.96. The van der Waals surface area contributed by atoms with Gasteiger partial charge < -0.3 is 20.9 Å². The van der Waals surface area contributed by atoms with Crippen molar-refractivity contribution in [2.45, 2.75) is 40.0 Å². The Hall–Kier alpha value is -2.93. The van der Waals surface area contributed by atoms with Crippen LogP contribution in [0.4, 0.5) is 11.5 Å². The SMILES string of the molecule is Cc1ccc(Nc2ncnc3cc(C(N)=NCC4CCNCC4)n(C)c23)c(CC(C)C)c1. The van der Waals surface area contributed by atoms with Crippen molar-refractivity contribution in [2.24, 2.45) is 29.6 Å². The third-order valence-corrected chi connectivity index (χ3v) is 6.20. The van der Waals surface area contributed by atoms with E-state index in [1.54, 1.807) is 6.33 Å². The molecule has 0 bridgehead atoms. The molecule has 1 fully saturated rings. The van der Waals surface area contributed by atoms with Crippen LogP contribution in [-0.2, 0) is 13.5 Å². The predicted octanol–water partition coefficient (Wildman–Crippen LogP) is 3.92. The summed E-state index contributed by atoms with van der Waals surface area (Å²) in [7, 11) is 2.00. The lowest BCUT2D eigenvalue weighted by atomic mass is 9.98. The molecule has 1 aromatic carbocycles. The van der Waals surface area contributed by atoms with Gasteiger partial charge >= 0.3 is 0 Å². The second-order valence-electron chi connectivity index (χ2n) is 9.35. The van der Waals surface area contributed by atoms with E-state index in [1.807, 2.05) is 13.1 Å². The van der Waals surface area contributed by atoms with Gasteiger partial charge in [-0.05, 0) is 68.8 Å². The molecule has 0 saturated carbocycles. The van der Waals surface area contributed by atoms with E-state index >= 15 is 0 Å². The number of nitrogens with two attached hydrogens (primary N) is 1. The summed E-state index contributed by atoms with van der Waals surface area (Å²) in [6.45, 7) is 9.52. The number of nitrogens with zero attached hydrogens (tertiary/aromatic N) is 4. The minimum Gasteiger partial charge on any atom is -0.382 e. The van der Waals surface area contributed by atoms with E-state index in [0.29, 0.717) is 17.7 Å². The first-order chi connectivity index (χ1) is 15.4. The molecule has 170 valence electrons. The smallest absolute Gasteiger partial charge is 0.158 e. The van der Waals surface area contributed by atoms with Crippen molar-refractivity contribution >= 4 is 28.4 Å². The number of amidine groups is 1. The van der Waals surface area contributed by atoms with E-state index in [4.69, 9.17) is 10.7 Å². The zero-order valence-electron chi connectivity index (χ0n) is 19.7. The molecule has 1 saturated heterocycles. The van der Waals surface area contributed by atoms with Gasteiger partial charge in [-0.15, -0.1) is 0 Å². The van der Waals surface area contributed by atoms with Crippen LogP contribution in [0.25, 0.3) is 11.0 Å². The molecule has 1 aliphatic rings. The van der Waals surface area contributed by atoms with Crippen LogP contribution < -0.4 is 16.4 Å². The Morgan fingerprint density at radius 2 is 2.03 bits per heavy atom. The summed E-state index contributed by atoms with van der Waals surface area (Å²) < 4.78 is 2.05. The van der Waals surface area contributed by atoms with Crippen LogP contribution in [0.2, 0.25) is 0 Å². The lowest BCUT2D eigenvalue weighted by Gasteiger charge is -2.20. The van der Waals surface area contributed by atoms with E-state index < -0.39 is 0 Å². The Bertz CT molecular complexity index is 1110. The van der Waals surface area contributed by atoms with Crippen LogP contribution in [0.1, 0.15) is 43.5 Å². The van der Waals surface area contributed by atoms with Crippen molar-refractivity contribution in [3.63, 3.8) is 0 Å². The van der Waals surface area contributed by atoms with Crippen LogP contribution in [0.3, 0.4) is 0 Å². The van der Waals surface area contributed by atoms with Gasteiger partial charge in [0, 0.05) is 19.3 Å². The highest BCUT2D eigenvalue weighted by Gasteiger charge is 2.17. The Balaban J connectivity index is 1.64. The first kappa shape index (κ1) is 22.3. The van der Waals surface area contributed by atoms with Gasteiger partial charge in [0.2, 0.25) is 0 Å². The first-order valence-corrected chi connectivity index (χ1v) is 11.6. The monoisotopic (exact) mass is 433 g/mol. The van der Waals surface area contributed by atoms with Crippen molar-refractivity contribution < 1.29 is 0 Å². The summed E-state index contributed by atoms with van der Waals surface area (Å²) in [6, 6.07) is 8.53. The lowest BCUT2D eigenvalue weighted by molar-refractivity contribution is 0.383. The van der Waals surface area contributed by atoms with Gasteiger partial charge in [0.15, 0.2) is 5.82 Å². The van der Waals surface area contributed by atoms with Gasteiger partial charge in [-0.2, -0.15) is 0 Å². The summed E-state index contributed by atoms with van der Waals surface area (Å²) in [5.41, 5.74) is 12.7. The molecule has 7 heteroatoms. The van der Waals surface area contributed by atoms with Crippen molar-refractivity contribution in [1.29, 1.82) is 0 Å². The molecule has 0 spiro atoms. The largest absolute Gasteiger partial charge is 0.382 e. The second-order valence-corrected chi connectivity index (χ2v) is 9.35. The van der Waals surface area contributed by atoms with Gasteiger partial charge in [-0.3, -0.25) is 4.99 Å². The summed E-state index contributed by atoms with van der Waals surface area (Å²) in [5.74, 6) is 2.51. The number of benzene rings is 1. The molecule has 1 aliphatic heterocycles. The van der Waals surface area contributed by atoms with E-state index in [0.717, 1.165) is 67.1 Å². The minimum atomic E-state index is 0.561. The highest BCUT2D eigenvalue weighted by Crippen LogP contribution is 2.29. The Morgan fingerprint density at radius 1 is 1.25 bits per heavy atom. The van der Waals surface area contributed by atoms with Gasteiger partial charge in [0.05, 0.1) is 11.2 Å². The second kappa shape index (κ2) is 9.69. The number of hydrogen-bond donors (Lipinski definition) is 3. The molecular formula is C25H35N7. The molecule has 0 amide bonds. The maximum Gasteiger partial charge on any atom is 0.158 e. The molecule has 4 N–H and O–H groups in total. The third-order valence-electron chi connectivity index (χ3n) is 6.20. The summed E-state index contributed by atoms with van der Waals surface area (Å²) in [4.78, 5) is 13.8. The van der Waals surface area contributed by atoms with E-state index in [-0.39, 0.29) is 0 Å². The molecule has 0 aliphatic carbocycles. The number of aliphatic imine (C=N–C) groups is 1. The van der Waals surface area contributed by atoms with Crippen LogP contribution in [0, 0.1) is 18.8 Å². The molecule has 32 heavy (non-hydrogen) atoms. The molecular weight excluding hydrogens is 398 g/mol. The van der Waals surface area contributed by atoms with Gasteiger partial charge in [0.1, 0.15) is 17.7 Å². The van der Waals surface area contributed by atoms with Crippen LogP contribution in [-0.4, -0.2) is 40.0 Å². The number of anilines is 2. The number of nitrogens with one attached hydrogen (secondary N) is 2. The fourth-order valence-corrected chi connectivity index (χ4v) is 4.47. The lowest BCUT2D eigenvalue weighted by Crippen LogP contribution is -2.29. The molecule has 4 rings (SSSR count). The van der Waals surface area contributed by atoms with Crippen LogP contribution in [0.15, 0.2) is 35.6 Å². The molecule has 3 aromatic rings. The third kappa shape index (κ3) is 4.93. The fourth-order valence-electron chi connectivity index (χ4n) is 4.47. The number of rotatable bonds is 7. The highest BCUT2D eigenvalue weighted by atomic mass is 15.1. The average Bonchev–Trinajstić information content (AvgIpc) is 3.12. The van der Waals surface area contributed by atoms with Crippen LogP contribution in [0.5, 0.6) is 0 Å². The number of fused-ring (bicyclic) bond motifs is 1. The standard InChI is InChI=1S/C25H35N7/c1-16(2)11-19-12-17(3)5-6-20(19)31-25-23-21(29-15-30-25)13-22(32(23)4)24(26)28-14-18-7-9-27-10-8-18/h5-6,12-13,15-16,18,27H,7-11,14H2,1-4H3,(H2,26,28)(H,29,30,31). The molecule has 3 heterocycles. The predicted molar refractivity (Wildman–Crippen MR) is 133 cm³/mol. The minimum absolute atomic E-state index is 0.561. The Morgan fingerprint density at radius 3 is 2.78 bits per heavy atom. The van der Waals surface area contributed by atoms with Gasteiger partial charge in [-0.1, -0.05) is 31.5 Å². The van der Waals surface area contributed by atoms with Crippen molar-refractivity contribution in [3.05, 3.63) is 47.4 Å². The summed E-state index contributed by atoms with van der Waals surface area (Å²) in [6.07, 6.45) is 4.92. The fraction of sp³-hybridized carbons (Fsp3) is 0.480. The summed E-state index contributed by atoms with van der Waals surface area (Å²) >= 11 is 0. The molecule has 7 nitrogen and oxygen atoms in total. The number of aromatic nitrogens is 3. The first-order valence-electron chi connectivity index (χ1n) is 11.6. The zero-order chi connectivity index (χ0) is 22.7. The van der Waals surface area contributed by atoms with Crippen molar-refractivity contribution in [3.8, 4) is 0 Å². The molecule has 0 atom stereocenters. The van der Waals surface area contributed by atoms with Gasteiger partial charge in [-0.25, -0.2) is 9.97 Å². The topological polar surface area (TPSA) is 93.2 Å². The maximum atomic E-state index is 6.42. The molecule has 0 unspecified atom stereocenters. The Kier molecular flexibility index (Phi) is 6.74. The van der Waals surface area contributed by atoms with Gasteiger partial charge in [0.25, 0.3) is 0 Å². The number of piperidine rings is 1. The number of aryl methyl sites for hydroxylation is 2. The Labute approximate surface area is 190 Å². The molecule has 2 aromatic heterocycles.